The van der Waals surface area contributed by atoms with Crippen LogP contribution in [-0.4, -0.2) is 30.1 Å². The van der Waals surface area contributed by atoms with E-state index < -0.39 is 6.03 Å². The first-order chi connectivity index (χ1) is 10.7. The molecule has 0 bridgehead atoms. The lowest BCUT2D eigenvalue weighted by Crippen LogP contribution is -2.46. The quantitative estimate of drug-likeness (QED) is 0.912. The zero-order chi connectivity index (χ0) is 15.5. The molecule has 118 valence electrons. The van der Waals surface area contributed by atoms with E-state index in [9.17, 15) is 4.79 Å². The molecule has 0 saturated carbocycles. The van der Waals surface area contributed by atoms with Crippen molar-refractivity contribution < 1.29 is 9.21 Å². The Kier molecular flexibility index (Phi) is 4.34. The highest BCUT2D eigenvalue weighted by Gasteiger charge is 2.22. The van der Waals surface area contributed by atoms with E-state index in [0.717, 1.165) is 50.2 Å². The minimum atomic E-state index is -0.424. The summed E-state index contributed by atoms with van der Waals surface area (Å²) in [5, 5.41) is 4.03. The zero-order valence-electron chi connectivity index (χ0n) is 13.0. The molecule has 3 N–H and O–H groups in total. The predicted molar refractivity (Wildman–Crippen MR) is 86.6 cm³/mol. The maximum Gasteiger partial charge on any atom is 0.312 e. The number of piperidine rings is 1. The van der Waals surface area contributed by atoms with Gasteiger partial charge in [-0.15, -0.1) is 0 Å². The molecule has 0 spiro atoms. The van der Waals surface area contributed by atoms with Crippen molar-refractivity contribution in [2.24, 2.45) is 5.73 Å². The number of amides is 2. The molecule has 0 unspecified atom stereocenters. The normalized spacial score (nSPS) is 17.0. The first-order valence-electron chi connectivity index (χ1n) is 7.95. The number of benzene rings is 1. The van der Waals surface area contributed by atoms with Crippen LogP contribution in [0.5, 0.6) is 0 Å². The fourth-order valence-electron chi connectivity index (χ4n) is 3.27. The van der Waals surface area contributed by atoms with Crippen LogP contribution in [0.2, 0.25) is 0 Å². The number of carbonyl (C=O) groups is 1. The Morgan fingerprint density at radius 2 is 2.09 bits per heavy atom. The minimum Gasteiger partial charge on any atom is -0.461 e. The van der Waals surface area contributed by atoms with Crippen molar-refractivity contribution in [3.8, 4) is 0 Å². The van der Waals surface area contributed by atoms with Crippen molar-refractivity contribution in [2.75, 3.05) is 13.1 Å². The Bertz CT molecular complexity index is 657. The number of nitrogens with two attached hydrogens (primary N) is 1. The standard InChI is InChI=1S/C17H23N3O2/c1-2-15-14(13-5-3-4-6-16(13)22-15)11-20-9-7-12(8-10-20)19-17(18)21/h3-6,12H,2,7-11H2,1H3,(H3,18,19,21). The molecule has 2 heterocycles. The van der Waals surface area contributed by atoms with Crippen LogP contribution in [-0.2, 0) is 13.0 Å². The third-order valence-electron chi connectivity index (χ3n) is 4.42. The molecular formula is C17H23N3O2. The van der Waals surface area contributed by atoms with Crippen LogP contribution in [0, 0.1) is 0 Å². The molecule has 1 aromatic carbocycles. The average Bonchev–Trinajstić information content (AvgIpc) is 2.87. The number of para-hydroxylation sites is 1. The molecule has 2 amide bonds. The summed E-state index contributed by atoms with van der Waals surface area (Å²) < 4.78 is 5.96. The smallest absolute Gasteiger partial charge is 0.312 e. The van der Waals surface area contributed by atoms with Gasteiger partial charge < -0.3 is 15.5 Å². The third kappa shape index (κ3) is 3.09. The number of likely N-dealkylation sites (tertiary alicyclic amines) is 1. The second kappa shape index (κ2) is 6.40. The number of aryl methyl sites for hydroxylation is 1. The molecule has 1 aromatic heterocycles. The van der Waals surface area contributed by atoms with E-state index in [1.165, 1.54) is 10.9 Å². The van der Waals surface area contributed by atoms with Crippen molar-refractivity contribution in [3.05, 3.63) is 35.6 Å². The third-order valence-corrected chi connectivity index (χ3v) is 4.42. The van der Waals surface area contributed by atoms with Gasteiger partial charge in [0.25, 0.3) is 0 Å². The Morgan fingerprint density at radius 3 is 2.77 bits per heavy atom. The van der Waals surface area contributed by atoms with Crippen molar-refractivity contribution in [2.45, 2.75) is 38.8 Å². The number of hydrogen-bond acceptors (Lipinski definition) is 3. The first-order valence-corrected chi connectivity index (χ1v) is 7.95. The Balaban J connectivity index is 1.70. The SMILES string of the molecule is CCc1oc2ccccc2c1CN1CCC(NC(N)=O)CC1. The lowest BCUT2D eigenvalue weighted by molar-refractivity contribution is 0.188. The van der Waals surface area contributed by atoms with Crippen molar-refractivity contribution in [1.29, 1.82) is 0 Å². The number of rotatable bonds is 4. The predicted octanol–water partition coefficient (Wildman–Crippen LogP) is 2.63. The summed E-state index contributed by atoms with van der Waals surface area (Å²) in [5.41, 5.74) is 7.47. The van der Waals surface area contributed by atoms with E-state index in [0.29, 0.717) is 0 Å². The monoisotopic (exact) mass is 301 g/mol. The van der Waals surface area contributed by atoms with E-state index in [1.807, 2.05) is 12.1 Å². The number of carbonyl (C=O) groups excluding carboxylic acids is 1. The second-order valence-electron chi connectivity index (χ2n) is 5.91. The average molecular weight is 301 g/mol. The highest BCUT2D eigenvalue weighted by atomic mass is 16.3. The van der Waals surface area contributed by atoms with Gasteiger partial charge in [0, 0.05) is 43.0 Å². The van der Waals surface area contributed by atoms with Crippen LogP contribution in [0.15, 0.2) is 28.7 Å². The molecule has 1 aliphatic rings. The molecule has 5 nitrogen and oxygen atoms in total. The lowest BCUT2D eigenvalue weighted by Gasteiger charge is -2.32. The molecule has 1 saturated heterocycles. The summed E-state index contributed by atoms with van der Waals surface area (Å²) >= 11 is 0. The molecule has 1 aliphatic heterocycles. The van der Waals surface area contributed by atoms with Crippen molar-refractivity contribution in [3.63, 3.8) is 0 Å². The molecule has 5 heteroatoms. The van der Waals surface area contributed by atoms with Gasteiger partial charge in [0.05, 0.1) is 0 Å². The summed E-state index contributed by atoms with van der Waals surface area (Å²) in [6.45, 7) is 4.97. The molecule has 22 heavy (non-hydrogen) atoms. The number of fused-ring (bicyclic) bond motifs is 1. The zero-order valence-corrected chi connectivity index (χ0v) is 13.0. The maximum atomic E-state index is 10.9. The van der Waals surface area contributed by atoms with Gasteiger partial charge in [-0.2, -0.15) is 0 Å². The van der Waals surface area contributed by atoms with Crippen LogP contribution < -0.4 is 11.1 Å². The molecular weight excluding hydrogens is 278 g/mol. The van der Waals surface area contributed by atoms with E-state index >= 15 is 0 Å². The first kappa shape index (κ1) is 14.9. The van der Waals surface area contributed by atoms with Gasteiger partial charge in [-0.1, -0.05) is 25.1 Å². The fourth-order valence-corrected chi connectivity index (χ4v) is 3.27. The van der Waals surface area contributed by atoms with Gasteiger partial charge in [-0.05, 0) is 18.9 Å². The molecule has 3 rings (SSSR count). The number of furan rings is 1. The number of hydrogen-bond donors (Lipinski definition) is 2. The Hall–Kier alpha value is -2.01. The van der Waals surface area contributed by atoms with E-state index in [4.69, 9.17) is 10.2 Å². The highest BCUT2D eigenvalue weighted by molar-refractivity contribution is 5.82. The number of urea groups is 1. The maximum absolute atomic E-state index is 10.9. The molecule has 1 fully saturated rings. The van der Waals surface area contributed by atoms with E-state index in [1.54, 1.807) is 0 Å². The van der Waals surface area contributed by atoms with Gasteiger partial charge in [0.1, 0.15) is 11.3 Å². The fraction of sp³-hybridized carbons (Fsp3) is 0.471. The van der Waals surface area contributed by atoms with Gasteiger partial charge in [-0.25, -0.2) is 4.79 Å². The number of nitrogens with zero attached hydrogens (tertiary/aromatic N) is 1. The Labute approximate surface area is 130 Å². The molecule has 2 aromatic rings. The van der Waals surface area contributed by atoms with Gasteiger partial charge >= 0.3 is 6.03 Å². The van der Waals surface area contributed by atoms with Gasteiger partial charge in [0.15, 0.2) is 0 Å². The van der Waals surface area contributed by atoms with Crippen LogP contribution in [0.1, 0.15) is 31.1 Å². The van der Waals surface area contributed by atoms with Crippen molar-refractivity contribution in [1.82, 2.24) is 10.2 Å². The van der Waals surface area contributed by atoms with Gasteiger partial charge in [-0.3, -0.25) is 4.90 Å². The second-order valence-corrected chi connectivity index (χ2v) is 5.91. The molecule has 0 aliphatic carbocycles. The highest BCUT2D eigenvalue weighted by Crippen LogP contribution is 2.28. The lowest BCUT2D eigenvalue weighted by atomic mass is 10.0. The molecule has 0 radical (unpaired) electrons. The van der Waals surface area contributed by atoms with Crippen LogP contribution >= 0.6 is 0 Å². The van der Waals surface area contributed by atoms with E-state index in [-0.39, 0.29) is 6.04 Å². The summed E-state index contributed by atoms with van der Waals surface area (Å²) in [6, 6.07) is 8.02. The summed E-state index contributed by atoms with van der Waals surface area (Å²) in [4.78, 5) is 13.3. The Morgan fingerprint density at radius 1 is 1.36 bits per heavy atom. The van der Waals surface area contributed by atoms with Crippen LogP contribution in [0.4, 0.5) is 4.79 Å². The summed E-state index contributed by atoms with van der Waals surface area (Å²) in [5.74, 6) is 1.08. The van der Waals surface area contributed by atoms with Gasteiger partial charge in [0.2, 0.25) is 0 Å². The number of primary amides is 1. The molecule has 0 atom stereocenters. The minimum absolute atomic E-state index is 0.209. The van der Waals surface area contributed by atoms with Crippen LogP contribution in [0.25, 0.3) is 11.0 Å². The van der Waals surface area contributed by atoms with Crippen LogP contribution in [0.3, 0.4) is 0 Å². The van der Waals surface area contributed by atoms with E-state index in [2.05, 4.69) is 29.3 Å². The summed E-state index contributed by atoms with van der Waals surface area (Å²) in [6.07, 6.45) is 2.80. The summed E-state index contributed by atoms with van der Waals surface area (Å²) in [7, 11) is 0. The largest absolute Gasteiger partial charge is 0.461 e. The number of nitrogens with one attached hydrogen (secondary N) is 1. The topological polar surface area (TPSA) is 71.5 Å². The van der Waals surface area contributed by atoms with Crippen molar-refractivity contribution >= 4 is 17.0 Å².